The van der Waals surface area contributed by atoms with Gasteiger partial charge in [0.15, 0.2) is 18.1 Å². The molecule has 0 radical (unpaired) electrons. The molecule has 2 rings (SSSR count). The number of benzene rings is 1. The van der Waals surface area contributed by atoms with Gasteiger partial charge in [0.1, 0.15) is 0 Å². The predicted molar refractivity (Wildman–Crippen MR) is 100 cm³/mol. The minimum Gasteiger partial charge on any atom is -0.490 e. The van der Waals surface area contributed by atoms with Gasteiger partial charge in [0.2, 0.25) is 0 Å². The maximum absolute atomic E-state index is 12.6. The van der Waals surface area contributed by atoms with Crippen molar-refractivity contribution in [3.8, 4) is 11.5 Å². The molecule has 0 aliphatic rings. The fourth-order valence-electron chi connectivity index (χ4n) is 2.61. The van der Waals surface area contributed by atoms with Crippen LogP contribution >= 0.6 is 11.3 Å². The lowest BCUT2D eigenvalue weighted by Crippen LogP contribution is -2.26. The third-order valence-electron chi connectivity index (χ3n) is 3.75. The van der Waals surface area contributed by atoms with E-state index in [-0.39, 0.29) is 11.9 Å². The molecule has 1 amide bonds. The van der Waals surface area contributed by atoms with Gasteiger partial charge in [-0.2, -0.15) is 0 Å². The standard InChI is InChI=1S/C19H23NO5S/c1-5-24-17-9-14(6-7-16(17)25-10-18(21)22)19(23)20-12(3)15-8-11(2)26-13(15)4/h6-9,12H,5,10H2,1-4H3,(H,20,23)(H,21,22). The number of hydrogen-bond donors (Lipinski definition) is 2. The molecule has 2 aromatic rings. The summed E-state index contributed by atoms with van der Waals surface area (Å²) in [7, 11) is 0. The van der Waals surface area contributed by atoms with E-state index >= 15 is 0 Å². The van der Waals surface area contributed by atoms with Gasteiger partial charge in [0.05, 0.1) is 12.6 Å². The number of nitrogens with one attached hydrogen (secondary N) is 1. The predicted octanol–water partition coefficient (Wildman–Crippen LogP) is 3.72. The van der Waals surface area contributed by atoms with Crippen molar-refractivity contribution in [2.45, 2.75) is 33.7 Å². The highest BCUT2D eigenvalue weighted by atomic mass is 32.1. The summed E-state index contributed by atoms with van der Waals surface area (Å²) in [5, 5.41) is 11.7. The van der Waals surface area contributed by atoms with Gasteiger partial charge in [-0.3, -0.25) is 4.79 Å². The van der Waals surface area contributed by atoms with Gasteiger partial charge in [-0.05, 0) is 57.5 Å². The van der Waals surface area contributed by atoms with Gasteiger partial charge >= 0.3 is 5.97 Å². The van der Waals surface area contributed by atoms with E-state index in [1.165, 1.54) is 9.75 Å². The van der Waals surface area contributed by atoms with Crippen molar-refractivity contribution in [1.29, 1.82) is 0 Å². The third kappa shape index (κ3) is 4.98. The summed E-state index contributed by atoms with van der Waals surface area (Å²) < 4.78 is 10.7. The Balaban J connectivity index is 2.16. The molecule has 26 heavy (non-hydrogen) atoms. The first-order valence-corrected chi connectivity index (χ1v) is 9.12. The molecular weight excluding hydrogens is 354 g/mol. The monoisotopic (exact) mass is 377 g/mol. The molecule has 0 fully saturated rings. The van der Waals surface area contributed by atoms with Crippen LogP contribution in [0.4, 0.5) is 0 Å². The largest absolute Gasteiger partial charge is 0.490 e. The molecule has 0 aliphatic carbocycles. The Hall–Kier alpha value is -2.54. The molecular formula is C19H23NO5S. The van der Waals surface area contributed by atoms with Crippen LogP contribution in [0, 0.1) is 13.8 Å². The Morgan fingerprint density at radius 3 is 2.50 bits per heavy atom. The first kappa shape index (κ1) is 19.8. The fourth-order valence-corrected chi connectivity index (χ4v) is 3.64. The van der Waals surface area contributed by atoms with E-state index in [4.69, 9.17) is 14.6 Å². The second-order valence-electron chi connectivity index (χ2n) is 5.84. The maximum Gasteiger partial charge on any atom is 0.341 e. The lowest BCUT2D eigenvalue weighted by molar-refractivity contribution is -0.139. The van der Waals surface area contributed by atoms with Crippen LogP contribution in [0.5, 0.6) is 11.5 Å². The van der Waals surface area contributed by atoms with Crippen molar-refractivity contribution < 1.29 is 24.2 Å². The zero-order chi connectivity index (χ0) is 19.3. The summed E-state index contributed by atoms with van der Waals surface area (Å²) >= 11 is 1.70. The SMILES string of the molecule is CCOc1cc(C(=O)NC(C)c2cc(C)sc2C)ccc1OCC(=O)O. The van der Waals surface area contributed by atoms with Gasteiger partial charge in [-0.15, -0.1) is 11.3 Å². The Kier molecular flexibility index (Phi) is 6.63. The zero-order valence-electron chi connectivity index (χ0n) is 15.3. The molecule has 0 spiro atoms. The molecule has 1 atom stereocenters. The minimum absolute atomic E-state index is 0.120. The number of carbonyl (C=O) groups is 2. The Labute approximate surface area is 156 Å². The van der Waals surface area contributed by atoms with Crippen molar-refractivity contribution in [2.24, 2.45) is 0 Å². The van der Waals surface area contributed by atoms with Crippen molar-refractivity contribution in [2.75, 3.05) is 13.2 Å². The molecule has 0 saturated heterocycles. The Morgan fingerprint density at radius 2 is 1.92 bits per heavy atom. The molecule has 7 heteroatoms. The first-order valence-electron chi connectivity index (χ1n) is 8.31. The number of aliphatic carboxylic acids is 1. The molecule has 0 bridgehead atoms. The normalized spacial score (nSPS) is 11.7. The van der Waals surface area contributed by atoms with Gasteiger partial charge in [0, 0.05) is 15.3 Å². The molecule has 0 saturated carbocycles. The lowest BCUT2D eigenvalue weighted by atomic mass is 10.1. The van der Waals surface area contributed by atoms with Crippen molar-refractivity contribution in [3.05, 3.63) is 45.1 Å². The summed E-state index contributed by atoms with van der Waals surface area (Å²) in [6, 6.07) is 6.67. The number of hydrogen-bond acceptors (Lipinski definition) is 5. The topological polar surface area (TPSA) is 84.9 Å². The van der Waals surface area contributed by atoms with E-state index in [0.717, 1.165) is 5.56 Å². The van der Waals surface area contributed by atoms with Crippen LogP contribution in [0.25, 0.3) is 0 Å². The molecule has 1 aromatic carbocycles. The number of thiophene rings is 1. The molecule has 140 valence electrons. The Bertz CT molecular complexity index is 799. The van der Waals surface area contributed by atoms with Gasteiger partial charge in [0.25, 0.3) is 5.91 Å². The molecule has 1 aromatic heterocycles. The molecule has 6 nitrogen and oxygen atoms in total. The highest BCUT2D eigenvalue weighted by molar-refractivity contribution is 7.12. The average molecular weight is 377 g/mol. The van der Waals surface area contributed by atoms with Crippen molar-refractivity contribution in [3.63, 3.8) is 0 Å². The van der Waals surface area contributed by atoms with Crippen molar-refractivity contribution in [1.82, 2.24) is 5.32 Å². The minimum atomic E-state index is -1.08. The van der Waals surface area contributed by atoms with Gasteiger partial charge < -0.3 is 19.9 Å². The van der Waals surface area contributed by atoms with E-state index in [9.17, 15) is 9.59 Å². The number of amides is 1. The second kappa shape index (κ2) is 8.71. The summed E-state index contributed by atoms with van der Waals surface area (Å²) in [6.45, 7) is 7.73. The van der Waals surface area contributed by atoms with Gasteiger partial charge in [-0.1, -0.05) is 0 Å². The van der Waals surface area contributed by atoms with E-state index in [1.807, 2.05) is 20.8 Å². The molecule has 1 unspecified atom stereocenters. The number of ether oxygens (including phenoxy) is 2. The number of carboxylic acids is 1. The number of rotatable bonds is 8. The van der Waals surface area contributed by atoms with Crippen LogP contribution in [0.15, 0.2) is 24.3 Å². The third-order valence-corrected chi connectivity index (χ3v) is 4.73. The van der Waals surface area contributed by atoms with E-state index in [1.54, 1.807) is 36.5 Å². The maximum atomic E-state index is 12.6. The van der Waals surface area contributed by atoms with Crippen LogP contribution in [-0.4, -0.2) is 30.2 Å². The van der Waals surface area contributed by atoms with Crippen molar-refractivity contribution >= 4 is 23.2 Å². The molecule has 2 N–H and O–H groups in total. The molecule has 0 aliphatic heterocycles. The average Bonchev–Trinajstić information content (AvgIpc) is 2.92. The van der Waals surface area contributed by atoms with Crippen LogP contribution in [0.3, 0.4) is 0 Å². The van der Waals surface area contributed by atoms with Crippen LogP contribution in [0.2, 0.25) is 0 Å². The number of aryl methyl sites for hydroxylation is 2. The smallest absolute Gasteiger partial charge is 0.341 e. The second-order valence-corrected chi connectivity index (χ2v) is 7.30. The number of carboxylic acid groups (broad SMARTS) is 1. The number of carbonyl (C=O) groups excluding carboxylic acids is 1. The summed E-state index contributed by atoms with van der Waals surface area (Å²) in [5.41, 5.74) is 1.53. The quantitative estimate of drug-likeness (QED) is 0.732. The summed E-state index contributed by atoms with van der Waals surface area (Å²) in [5.74, 6) is -0.671. The summed E-state index contributed by atoms with van der Waals surface area (Å²) in [4.78, 5) is 25.6. The highest BCUT2D eigenvalue weighted by Gasteiger charge is 2.17. The van der Waals surface area contributed by atoms with Gasteiger partial charge in [-0.25, -0.2) is 4.79 Å². The van der Waals surface area contributed by atoms with Crippen LogP contribution in [0.1, 0.15) is 45.6 Å². The summed E-state index contributed by atoms with van der Waals surface area (Å²) in [6.07, 6.45) is 0. The van der Waals surface area contributed by atoms with Crippen LogP contribution < -0.4 is 14.8 Å². The molecule has 1 heterocycles. The van der Waals surface area contributed by atoms with Crippen LogP contribution in [-0.2, 0) is 4.79 Å². The van der Waals surface area contributed by atoms with E-state index in [2.05, 4.69) is 11.4 Å². The zero-order valence-corrected chi connectivity index (χ0v) is 16.1. The van der Waals surface area contributed by atoms with E-state index in [0.29, 0.717) is 23.7 Å². The lowest BCUT2D eigenvalue weighted by Gasteiger charge is -2.16. The fraction of sp³-hybridized carbons (Fsp3) is 0.368. The first-order chi connectivity index (χ1) is 12.3. The van der Waals surface area contributed by atoms with E-state index < -0.39 is 12.6 Å². The highest BCUT2D eigenvalue weighted by Crippen LogP contribution is 2.30. The Morgan fingerprint density at radius 1 is 1.19 bits per heavy atom.